The summed E-state index contributed by atoms with van der Waals surface area (Å²) in [6.07, 6.45) is 0.492. The molecule has 29 heavy (non-hydrogen) atoms. The van der Waals surface area contributed by atoms with Gasteiger partial charge in [0.1, 0.15) is 17.6 Å². The molecule has 2 aromatic heterocycles. The Morgan fingerprint density at radius 1 is 1.28 bits per heavy atom. The first-order valence-electron chi connectivity index (χ1n) is 8.78. The number of rotatable bonds is 6. The van der Waals surface area contributed by atoms with Gasteiger partial charge < -0.3 is 15.8 Å². The molecule has 1 atom stereocenters. The molecule has 2 heterocycles. The number of ether oxygens (including phenoxy) is 1. The van der Waals surface area contributed by atoms with Crippen LogP contribution in [0.1, 0.15) is 18.3 Å². The second kappa shape index (κ2) is 7.94. The highest BCUT2D eigenvalue weighted by atomic mass is 32.1. The molecule has 0 aliphatic rings. The van der Waals surface area contributed by atoms with E-state index in [1.807, 2.05) is 12.1 Å². The van der Waals surface area contributed by atoms with Gasteiger partial charge in [0.2, 0.25) is 10.1 Å². The van der Waals surface area contributed by atoms with E-state index >= 15 is 0 Å². The number of halogens is 1. The maximum atomic E-state index is 13.3. The monoisotopic (exact) mass is 412 g/mol. The highest BCUT2D eigenvalue weighted by molar-refractivity contribution is 7.20. The quantitative estimate of drug-likeness (QED) is 0.370. The molecule has 4 rings (SSSR count). The van der Waals surface area contributed by atoms with Gasteiger partial charge in [0, 0.05) is 12.1 Å². The van der Waals surface area contributed by atoms with Crippen molar-refractivity contribution >= 4 is 33.1 Å². The van der Waals surface area contributed by atoms with Crippen molar-refractivity contribution in [2.24, 2.45) is 5.73 Å². The van der Waals surface area contributed by atoms with Crippen LogP contribution in [-0.4, -0.2) is 31.8 Å². The number of aromatic nitrogens is 4. The third kappa shape index (κ3) is 4.39. The molecule has 148 valence electrons. The molecule has 3 N–H and O–H groups in total. The van der Waals surface area contributed by atoms with E-state index in [1.165, 1.54) is 23.5 Å². The fourth-order valence-corrected chi connectivity index (χ4v) is 3.35. The molecule has 0 radical (unpaired) electrons. The average molecular weight is 412 g/mol. The van der Waals surface area contributed by atoms with Crippen LogP contribution in [0, 0.1) is 5.82 Å². The van der Waals surface area contributed by atoms with Crippen LogP contribution in [0.3, 0.4) is 0 Å². The Morgan fingerprint density at radius 2 is 2.07 bits per heavy atom. The van der Waals surface area contributed by atoms with Crippen molar-refractivity contribution in [2.75, 3.05) is 5.32 Å². The molecule has 0 aliphatic carbocycles. The van der Waals surface area contributed by atoms with Crippen LogP contribution in [0.4, 0.5) is 15.2 Å². The van der Waals surface area contributed by atoms with E-state index in [0.29, 0.717) is 33.8 Å². The highest BCUT2D eigenvalue weighted by Crippen LogP contribution is 2.24. The van der Waals surface area contributed by atoms with E-state index in [-0.39, 0.29) is 5.82 Å². The van der Waals surface area contributed by atoms with Crippen LogP contribution >= 0.6 is 11.3 Å². The molecule has 10 heteroatoms. The summed E-state index contributed by atoms with van der Waals surface area (Å²) in [6.45, 7) is 1.57. The first-order valence-corrected chi connectivity index (χ1v) is 9.59. The largest absolute Gasteiger partial charge is 0.425 e. The van der Waals surface area contributed by atoms with Crippen LogP contribution in [0.2, 0.25) is 0 Å². The summed E-state index contributed by atoms with van der Waals surface area (Å²) < 4.78 is 20.2. The molecule has 0 fully saturated rings. The Kier molecular flexibility index (Phi) is 5.19. The van der Waals surface area contributed by atoms with Gasteiger partial charge in [-0.2, -0.15) is 4.52 Å². The fraction of sp³-hybridized carbons (Fsp3) is 0.158. The number of anilines is 2. The molecule has 0 bridgehead atoms. The van der Waals surface area contributed by atoms with Gasteiger partial charge in [0.05, 0.1) is 0 Å². The molecule has 0 spiro atoms. The second-order valence-electron chi connectivity index (χ2n) is 6.38. The minimum absolute atomic E-state index is 0.325. The summed E-state index contributed by atoms with van der Waals surface area (Å²) in [5.74, 6) is 0.271. The lowest BCUT2D eigenvalue weighted by Crippen LogP contribution is -2.30. The minimum Gasteiger partial charge on any atom is -0.425 e. The molecule has 0 aliphatic heterocycles. The summed E-state index contributed by atoms with van der Waals surface area (Å²) >= 11 is 1.32. The molecule has 8 nitrogen and oxygen atoms in total. The van der Waals surface area contributed by atoms with Crippen molar-refractivity contribution in [1.82, 2.24) is 19.8 Å². The number of nitrogens with one attached hydrogen (secondary N) is 1. The Labute approximate surface area is 169 Å². The fourth-order valence-electron chi connectivity index (χ4n) is 2.57. The van der Waals surface area contributed by atoms with Gasteiger partial charge in [-0.15, -0.1) is 15.3 Å². The summed E-state index contributed by atoms with van der Waals surface area (Å²) in [5.41, 5.74) is 7.05. The van der Waals surface area contributed by atoms with Crippen molar-refractivity contribution in [2.45, 2.75) is 19.4 Å². The number of hydrogen-bond donors (Lipinski definition) is 2. The van der Waals surface area contributed by atoms with Gasteiger partial charge in [0.25, 0.3) is 0 Å². The summed E-state index contributed by atoms with van der Waals surface area (Å²) in [6, 6.07) is 12.5. The Morgan fingerprint density at radius 3 is 2.79 bits per heavy atom. The first-order chi connectivity index (χ1) is 14.0. The molecule has 0 amide bonds. The molecule has 0 unspecified atom stereocenters. The number of hydrogen-bond acceptors (Lipinski definition) is 8. The van der Waals surface area contributed by atoms with Crippen molar-refractivity contribution < 1.29 is 13.9 Å². The van der Waals surface area contributed by atoms with Gasteiger partial charge in [-0.3, -0.25) is 0 Å². The molecule has 4 aromatic rings. The zero-order valence-corrected chi connectivity index (χ0v) is 16.2. The third-order valence-corrected chi connectivity index (χ3v) is 4.82. The molecule has 2 aromatic carbocycles. The third-order valence-electron chi connectivity index (χ3n) is 4.01. The van der Waals surface area contributed by atoms with E-state index in [1.54, 1.807) is 35.7 Å². The first kappa shape index (κ1) is 19.0. The molecule has 0 saturated carbocycles. The van der Waals surface area contributed by atoms with Gasteiger partial charge >= 0.3 is 5.97 Å². The maximum Gasteiger partial charge on any atom is 0.328 e. The number of fused-ring (bicyclic) bond motifs is 1. The normalized spacial score (nSPS) is 12.1. The van der Waals surface area contributed by atoms with E-state index < -0.39 is 12.0 Å². The van der Waals surface area contributed by atoms with Crippen molar-refractivity contribution in [3.63, 3.8) is 0 Å². The van der Waals surface area contributed by atoms with Gasteiger partial charge in [0.15, 0.2) is 5.82 Å². The smallest absolute Gasteiger partial charge is 0.328 e. The lowest BCUT2D eigenvalue weighted by molar-refractivity contribution is -0.135. The van der Waals surface area contributed by atoms with Gasteiger partial charge in [-0.1, -0.05) is 29.5 Å². The predicted molar refractivity (Wildman–Crippen MR) is 107 cm³/mol. The van der Waals surface area contributed by atoms with E-state index in [0.717, 1.165) is 5.56 Å². The van der Waals surface area contributed by atoms with Crippen molar-refractivity contribution in [3.05, 3.63) is 65.7 Å². The predicted octanol–water partition coefficient (Wildman–Crippen LogP) is 2.91. The van der Waals surface area contributed by atoms with E-state index in [4.69, 9.17) is 10.5 Å². The number of nitrogens with zero attached hydrogens (tertiary/aromatic N) is 4. The van der Waals surface area contributed by atoms with Crippen molar-refractivity contribution in [3.8, 4) is 5.75 Å². The topological polar surface area (TPSA) is 107 Å². The number of esters is 1. The Bertz CT molecular complexity index is 1160. The number of carbonyl (C=O) groups is 1. The van der Waals surface area contributed by atoms with E-state index in [9.17, 15) is 9.18 Å². The van der Waals surface area contributed by atoms with E-state index in [2.05, 4.69) is 20.6 Å². The van der Waals surface area contributed by atoms with Crippen LogP contribution in [0.25, 0.3) is 4.96 Å². The highest BCUT2D eigenvalue weighted by Gasteiger charge is 2.14. The minimum atomic E-state index is -0.682. The van der Waals surface area contributed by atoms with Crippen LogP contribution in [0.5, 0.6) is 5.75 Å². The Hall–Kier alpha value is -3.37. The standard InChI is InChI=1S/C19H17FN6O2S/c1-11(21)17(27)28-15-7-5-12(6-8-15)9-16-23-24-19-26(16)25-18(29-19)22-14-4-2-3-13(20)10-14/h2-8,10-11H,9,21H2,1H3,(H,22,25)/t11-/m1/s1. The molecule has 0 saturated heterocycles. The summed E-state index contributed by atoms with van der Waals surface area (Å²) in [7, 11) is 0. The molecular weight excluding hydrogens is 395 g/mol. The SMILES string of the molecule is C[C@@H](N)C(=O)Oc1ccc(Cc2nnc3sc(Nc4cccc(F)c4)nn23)cc1. The zero-order valence-electron chi connectivity index (χ0n) is 15.4. The lowest BCUT2D eigenvalue weighted by atomic mass is 10.1. The average Bonchev–Trinajstić information content (AvgIpc) is 3.24. The number of nitrogens with two attached hydrogens (primary N) is 1. The van der Waals surface area contributed by atoms with Crippen molar-refractivity contribution in [1.29, 1.82) is 0 Å². The zero-order chi connectivity index (χ0) is 20.4. The van der Waals surface area contributed by atoms with Gasteiger partial charge in [-0.05, 0) is 42.8 Å². The van der Waals surface area contributed by atoms with Gasteiger partial charge in [-0.25, -0.2) is 9.18 Å². The maximum absolute atomic E-state index is 13.3. The lowest BCUT2D eigenvalue weighted by Gasteiger charge is -2.07. The van der Waals surface area contributed by atoms with Crippen LogP contribution in [0.15, 0.2) is 48.5 Å². The van der Waals surface area contributed by atoms with Crippen LogP contribution < -0.4 is 15.8 Å². The summed E-state index contributed by atoms with van der Waals surface area (Å²) in [4.78, 5) is 12.2. The second-order valence-corrected chi connectivity index (χ2v) is 7.34. The van der Waals surface area contributed by atoms with Crippen LogP contribution in [-0.2, 0) is 11.2 Å². The Balaban J connectivity index is 1.48. The molecular formula is C19H17FN6O2S. The summed E-state index contributed by atoms with van der Waals surface area (Å²) in [5, 5.41) is 16.4. The number of benzene rings is 2. The number of carbonyl (C=O) groups excluding carboxylic acids is 1.